The first-order valence-corrected chi connectivity index (χ1v) is 6.55. The quantitative estimate of drug-likeness (QED) is 0.566. The number of rotatable bonds is 5. The van der Waals surface area contributed by atoms with Crippen molar-refractivity contribution in [3.63, 3.8) is 0 Å². The van der Waals surface area contributed by atoms with Gasteiger partial charge in [-0.25, -0.2) is 13.6 Å². The number of aliphatic hydroxyl groups is 1. The lowest BCUT2D eigenvalue weighted by Crippen LogP contribution is -2.48. The number of hydrogen-bond acceptors (Lipinski definition) is 4. The smallest absolute Gasteiger partial charge is 0.210 e. The monoisotopic (exact) mass is 222 g/mol. The Morgan fingerprint density at radius 3 is 2.36 bits per heavy atom. The molecule has 0 aliphatic heterocycles. The number of nitrogens with two attached hydrogens (primary N) is 1. The Balaban J connectivity index is 2.35. The molecule has 1 saturated carbocycles. The summed E-state index contributed by atoms with van der Waals surface area (Å²) in [6.07, 6.45) is 3.99. The van der Waals surface area contributed by atoms with Gasteiger partial charge in [0.15, 0.2) is 0 Å². The fraction of sp³-hybridized carbons (Fsp3) is 1.00. The van der Waals surface area contributed by atoms with Gasteiger partial charge in [-0.05, 0) is 12.8 Å². The molecular formula is C8H18N2O3S. The maximum atomic E-state index is 10.7. The van der Waals surface area contributed by atoms with Gasteiger partial charge in [-0.3, -0.25) is 0 Å². The number of hydrogen-bond donors (Lipinski definition) is 3. The Morgan fingerprint density at radius 2 is 1.93 bits per heavy atom. The third-order valence-electron chi connectivity index (χ3n) is 2.75. The van der Waals surface area contributed by atoms with Crippen LogP contribution in [0.25, 0.3) is 0 Å². The molecule has 0 radical (unpaired) electrons. The summed E-state index contributed by atoms with van der Waals surface area (Å²) < 4.78 is 21.3. The topological polar surface area (TPSA) is 92.4 Å². The lowest BCUT2D eigenvalue weighted by molar-refractivity contribution is 0.167. The molecule has 0 amide bonds. The summed E-state index contributed by atoms with van der Waals surface area (Å²) in [4.78, 5) is 0. The van der Waals surface area contributed by atoms with E-state index >= 15 is 0 Å². The lowest BCUT2D eigenvalue weighted by Gasteiger charge is -2.27. The van der Waals surface area contributed by atoms with Crippen molar-refractivity contribution >= 4 is 10.0 Å². The molecule has 0 bridgehead atoms. The summed E-state index contributed by atoms with van der Waals surface area (Å²) in [6.45, 7) is 0.386. The highest BCUT2D eigenvalue weighted by molar-refractivity contribution is 7.89. The van der Waals surface area contributed by atoms with Gasteiger partial charge in [0.2, 0.25) is 10.0 Å². The molecule has 0 atom stereocenters. The number of aliphatic hydroxyl groups excluding tert-OH is 1. The van der Waals surface area contributed by atoms with Crippen molar-refractivity contribution in [2.45, 2.75) is 31.2 Å². The molecule has 0 saturated heterocycles. The van der Waals surface area contributed by atoms with Crippen LogP contribution in [0.3, 0.4) is 0 Å². The van der Waals surface area contributed by atoms with Crippen LogP contribution in [0, 0.1) is 0 Å². The maximum absolute atomic E-state index is 10.7. The first-order chi connectivity index (χ1) is 6.47. The molecule has 0 unspecified atom stereocenters. The van der Waals surface area contributed by atoms with Gasteiger partial charge >= 0.3 is 0 Å². The molecule has 1 rings (SSSR count). The Hall–Kier alpha value is -0.170. The maximum Gasteiger partial charge on any atom is 0.210 e. The van der Waals surface area contributed by atoms with Crippen LogP contribution in [0.1, 0.15) is 25.7 Å². The number of primary sulfonamides is 1. The minimum absolute atomic E-state index is 0.0671. The molecule has 6 heteroatoms. The molecule has 1 aliphatic rings. The lowest BCUT2D eigenvalue weighted by atomic mass is 9.99. The van der Waals surface area contributed by atoms with Gasteiger partial charge in [0.25, 0.3) is 0 Å². The minimum atomic E-state index is -3.39. The van der Waals surface area contributed by atoms with Gasteiger partial charge < -0.3 is 10.4 Å². The highest BCUT2D eigenvalue weighted by Crippen LogP contribution is 2.28. The second-order valence-electron chi connectivity index (χ2n) is 3.94. The Kier molecular flexibility index (Phi) is 3.88. The standard InChI is InChI=1S/C8H18N2O3S/c9-14(12,13)6-5-10-8(7-11)3-1-2-4-8/h10-11H,1-7H2,(H2,9,12,13). The summed E-state index contributed by atoms with van der Waals surface area (Å²) in [5, 5.41) is 17.2. The first kappa shape index (κ1) is 11.9. The molecule has 0 aromatic carbocycles. The van der Waals surface area contributed by atoms with Gasteiger partial charge in [0.1, 0.15) is 0 Å². The van der Waals surface area contributed by atoms with Gasteiger partial charge in [0.05, 0.1) is 12.4 Å². The average molecular weight is 222 g/mol. The van der Waals surface area contributed by atoms with Gasteiger partial charge in [0, 0.05) is 12.1 Å². The van der Waals surface area contributed by atoms with Crippen LogP contribution < -0.4 is 10.5 Å². The second kappa shape index (κ2) is 4.57. The zero-order valence-electron chi connectivity index (χ0n) is 8.20. The predicted molar refractivity (Wildman–Crippen MR) is 54.3 cm³/mol. The van der Waals surface area contributed by atoms with Gasteiger partial charge in [-0.2, -0.15) is 0 Å². The van der Waals surface area contributed by atoms with Crippen molar-refractivity contribution < 1.29 is 13.5 Å². The zero-order chi connectivity index (χ0) is 10.7. The summed E-state index contributed by atoms with van der Waals surface area (Å²) >= 11 is 0. The van der Waals surface area contributed by atoms with Crippen LogP contribution in [0.5, 0.6) is 0 Å². The van der Waals surface area contributed by atoms with Crippen LogP contribution in [0.15, 0.2) is 0 Å². The molecular weight excluding hydrogens is 204 g/mol. The van der Waals surface area contributed by atoms with E-state index in [4.69, 9.17) is 5.14 Å². The number of sulfonamides is 1. The normalized spacial score (nSPS) is 21.3. The largest absolute Gasteiger partial charge is 0.394 e. The SMILES string of the molecule is NS(=O)(=O)CCNC1(CO)CCCC1. The van der Waals surface area contributed by atoms with Gasteiger partial charge in [-0.1, -0.05) is 12.8 Å². The van der Waals surface area contributed by atoms with E-state index in [2.05, 4.69) is 5.32 Å². The highest BCUT2D eigenvalue weighted by atomic mass is 32.2. The third kappa shape index (κ3) is 3.53. The van der Waals surface area contributed by atoms with E-state index in [1.165, 1.54) is 0 Å². The fourth-order valence-corrected chi connectivity index (χ4v) is 2.29. The molecule has 1 aliphatic carbocycles. The summed E-state index contributed by atoms with van der Waals surface area (Å²) in [5.41, 5.74) is -0.259. The molecule has 84 valence electrons. The first-order valence-electron chi connectivity index (χ1n) is 4.84. The highest BCUT2D eigenvalue weighted by Gasteiger charge is 2.32. The third-order valence-corrected chi connectivity index (χ3v) is 3.52. The molecule has 1 fully saturated rings. The van der Waals surface area contributed by atoms with E-state index < -0.39 is 10.0 Å². The molecule has 0 spiro atoms. The van der Waals surface area contributed by atoms with Crippen molar-refractivity contribution in [3.8, 4) is 0 Å². The number of nitrogens with one attached hydrogen (secondary N) is 1. The van der Waals surface area contributed by atoms with Crippen LogP contribution in [0.4, 0.5) is 0 Å². The summed E-state index contributed by atoms with van der Waals surface area (Å²) in [5.74, 6) is -0.0747. The van der Waals surface area contributed by atoms with Crippen LogP contribution in [-0.4, -0.2) is 38.0 Å². The molecule has 14 heavy (non-hydrogen) atoms. The Morgan fingerprint density at radius 1 is 1.36 bits per heavy atom. The van der Waals surface area contributed by atoms with Gasteiger partial charge in [-0.15, -0.1) is 0 Å². The molecule has 4 N–H and O–H groups in total. The van der Waals surface area contributed by atoms with Crippen LogP contribution >= 0.6 is 0 Å². The van der Waals surface area contributed by atoms with E-state index in [0.717, 1.165) is 25.7 Å². The van der Waals surface area contributed by atoms with Crippen molar-refractivity contribution in [2.75, 3.05) is 18.9 Å². The van der Waals surface area contributed by atoms with Crippen molar-refractivity contribution in [3.05, 3.63) is 0 Å². The van der Waals surface area contributed by atoms with E-state index in [-0.39, 0.29) is 17.9 Å². The van der Waals surface area contributed by atoms with Crippen molar-refractivity contribution in [1.82, 2.24) is 5.32 Å². The average Bonchev–Trinajstić information content (AvgIpc) is 2.52. The Bertz CT molecular complexity index is 270. The molecule has 0 aromatic heterocycles. The van der Waals surface area contributed by atoms with E-state index in [0.29, 0.717) is 6.54 Å². The predicted octanol–water partition coefficient (Wildman–Crippen LogP) is -0.830. The van der Waals surface area contributed by atoms with Crippen LogP contribution in [-0.2, 0) is 10.0 Å². The van der Waals surface area contributed by atoms with Crippen molar-refractivity contribution in [1.29, 1.82) is 0 Å². The molecule has 0 heterocycles. The van der Waals surface area contributed by atoms with E-state index in [9.17, 15) is 13.5 Å². The fourth-order valence-electron chi connectivity index (χ4n) is 1.90. The van der Waals surface area contributed by atoms with E-state index in [1.54, 1.807) is 0 Å². The summed E-state index contributed by atoms with van der Waals surface area (Å²) in [6, 6.07) is 0. The summed E-state index contributed by atoms with van der Waals surface area (Å²) in [7, 11) is -3.39. The second-order valence-corrected chi connectivity index (χ2v) is 5.67. The van der Waals surface area contributed by atoms with E-state index in [1.807, 2.05) is 0 Å². The minimum Gasteiger partial charge on any atom is -0.394 e. The zero-order valence-corrected chi connectivity index (χ0v) is 9.02. The molecule has 5 nitrogen and oxygen atoms in total. The van der Waals surface area contributed by atoms with Crippen LogP contribution in [0.2, 0.25) is 0 Å². The molecule has 0 aromatic rings. The Labute approximate surface area is 84.7 Å². The van der Waals surface area contributed by atoms with Crippen molar-refractivity contribution in [2.24, 2.45) is 5.14 Å².